The fourth-order valence-electron chi connectivity index (χ4n) is 4.10. The number of hydrogen-bond acceptors (Lipinski definition) is 7. The van der Waals surface area contributed by atoms with Gasteiger partial charge in [-0.05, 0) is 25.8 Å². The van der Waals surface area contributed by atoms with Gasteiger partial charge in [-0.25, -0.2) is 14.2 Å². The molecule has 1 aromatic carbocycles. The SMILES string of the molecule is CCC(CC)[C@H](c1ccc(F)cc1OC)[C@H](C)OC(=O)[C@H](C)NC(=O)c1nccc(OC)c1O. The van der Waals surface area contributed by atoms with Gasteiger partial charge >= 0.3 is 5.97 Å². The molecule has 3 atom stereocenters. The summed E-state index contributed by atoms with van der Waals surface area (Å²) in [4.78, 5) is 29.3. The molecular weight excluding hydrogens is 443 g/mol. The molecule has 2 N–H and O–H groups in total. The molecule has 0 radical (unpaired) electrons. The van der Waals surface area contributed by atoms with Gasteiger partial charge in [-0.1, -0.05) is 32.8 Å². The van der Waals surface area contributed by atoms with Crippen LogP contribution in [0.5, 0.6) is 17.2 Å². The van der Waals surface area contributed by atoms with Gasteiger partial charge in [0.25, 0.3) is 5.91 Å². The molecule has 9 heteroatoms. The summed E-state index contributed by atoms with van der Waals surface area (Å²) >= 11 is 0. The first kappa shape index (κ1) is 26.9. The van der Waals surface area contributed by atoms with Crippen LogP contribution in [0.1, 0.15) is 62.5 Å². The smallest absolute Gasteiger partial charge is 0.328 e. The molecule has 1 amide bonds. The number of aromatic nitrogens is 1. The molecule has 0 aliphatic carbocycles. The van der Waals surface area contributed by atoms with Crippen molar-refractivity contribution in [3.8, 4) is 17.2 Å². The Balaban J connectivity index is 2.21. The predicted molar refractivity (Wildman–Crippen MR) is 125 cm³/mol. The Bertz CT molecular complexity index is 995. The third-order valence-corrected chi connectivity index (χ3v) is 5.94. The summed E-state index contributed by atoms with van der Waals surface area (Å²) in [5.74, 6) is -1.86. The van der Waals surface area contributed by atoms with Crippen molar-refractivity contribution in [3.63, 3.8) is 0 Å². The monoisotopic (exact) mass is 476 g/mol. The minimum Gasteiger partial charge on any atom is -0.503 e. The minimum atomic E-state index is -1.01. The van der Waals surface area contributed by atoms with Crippen molar-refractivity contribution in [2.75, 3.05) is 14.2 Å². The summed E-state index contributed by atoms with van der Waals surface area (Å²) in [7, 11) is 2.82. The summed E-state index contributed by atoms with van der Waals surface area (Å²) in [6, 6.07) is 4.73. The van der Waals surface area contributed by atoms with E-state index in [0.29, 0.717) is 5.75 Å². The number of nitrogens with one attached hydrogen (secondary N) is 1. The quantitative estimate of drug-likeness (QED) is 0.468. The number of pyridine rings is 1. The molecule has 186 valence electrons. The lowest BCUT2D eigenvalue weighted by molar-refractivity contribution is -0.152. The van der Waals surface area contributed by atoms with Crippen LogP contribution < -0.4 is 14.8 Å². The highest BCUT2D eigenvalue weighted by Crippen LogP contribution is 2.39. The number of carbonyl (C=O) groups is 2. The van der Waals surface area contributed by atoms with Gasteiger partial charge in [-0.2, -0.15) is 0 Å². The van der Waals surface area contributed by atoms with Crippen molar-refractivity contribution in [2.24, 2.45) is 5.92 Å². The van der Waals surface area contributed by atoms with Crippen LogP contribution in [-0.4, -0.2) is 48.3 Å². The molecule has 0 unspecified atom stereocenters. The van der Waals surface area contributed by atoms with Gasteiger partial charge in [0, 0.05) is 29.8 Å². The van der Waals surface area contributed by atoms with E-state index in [1.165, 1.54) is 45.5 Å². The van der Waals surface area contributed by atoms with Crippen LogP contribution in [0.3, 0.4) is 0 Å². The topological polar surface area (TPSA) is 107 Å². The highest BCUT2D eigenvalue weighted by Gasteiger charge is 2.33. The van der Waals surface area contributed by atoms with Crippen LogP contribution in [0.15, 0.2) is 30.5 Å². The second-order valence-corrected chi connectivity index (χ2v) is 8.04. The average molecular weight is 477 g/mol. The van der Waals surface area contributed by atoms with Gasteiger partial charge in [0.15, 0.2) is 17.2 Å². The number of carbonyl (C=O) groups excluding carboxylic acids is 2. The zero-order valence-corrected chi connectivity index (χ0v) is 20.4. The van der Waals surface area contributed by atoms with Crippen LogP contribution in [-0.2, 0) is 9.53 Å². The molecule has 34 heavy (non-hydrogen) atoms. The van der Waals surface area contributed by atoms with E-state index in [1.807, 2.05) is 13.8 Å². The van der Waals surface area contributed by atoms with Gasteiger partial charge in [0.2, 0.25) is 0 Å². The second-order valence-electron chi connectivity index (χ2n) is 8.04. The number of nitrogens with zero attached hydrogens (tertiary/aromatic N) is 1. The highest BCUT2D eigenvalue weighted by molar-refractivity contribution is 5.97. The maximum absolute atomic E-state index is 13.8. The summed E-state index contributed by atoms with van der Waals surface area (Å²) in [5.41, 5.74) is 0.484. The largest absolute Gasteiger partial charge is 0.503 e. The lowest BCUT2D eigenvalue weighted by Crippen LogP contribution is -2.42. The first-order valence-electron chi connectivity index (χ1n) is 11.2. The Morgan fingerprint density at radius 2 is 1.74 bits per heavy atom. The van der Waals surface area contributed by atoms with Crippen LogP contribution in [0, 0.1) is 11.7 Å². The molecule has 0 aliphatic heterocycles. The molecule has 2 aromatic rings. The van der Waals surface area contributed by atoms with E-state index in [-0.39, 0.29) is 23.3 Å². The molecule has 1 heterocycles. The number of ether oxygens (including phenoxy) is 3. The number of halogens is 1. The van der Waals surface area contributed by atoms with Crippen LogP contribution in [0.25, 0.3) is 0 Å². The lowest BCUT2D eigenvalue weighted by atomic mass is 9.79. The molecule has 0 saturated carbocycles. The number of benzene rings is 1. The number of hydrogen-bond donors (Lipinski definition) is 2. The zero-order valence-electron chi connectivity index (χ0n) is 20.4. The number of aromatic hydroxyl groups is 1. The highest BCUT2D eigenvalue weighted by atomic mass is 19.1. The summed E-state index contributed by atoms with van der Waals surface area (Å²) < 4.78 is 29.9. The van der Waals surface area contributed by atoms with Crippen molar-refractivity contribution in [3.05, 3.63) is 47.5 Å². The molecule has 0 spiro atoms. The Kier molecular flexibility index (Phi) is 9.65. The van der Waals surface area contributed by atoms with Crippen molar-refractivity contribution in [1.29, 1.82) is 0 Å². The van der Waals surface area contributed by atoms with Crippen molar-refractivity contribution in [1.82, 2.24) is 10.3 Å². The van der Waals surface area contributed by atoms with Crippen LogP contribution >= 0.6 is 0 Å². The molecule has 0 bridgehead atoms. The summed E-state index contributed by atoms with van der Waals surface area (Å²) in [6.07, 6.45) is 2.36. The van der Waals surface area contributed by atoms with Crippen molar-refractivity contribution < 1.29 is 33.3 Å². The normalized spacial score (nSPS) is 13.6. The van der Waals surface area contributed by atoms with E-state index in [1.54, 1.807) is 13.0 Å². The van der Waals surface area contributed by atoms with E-state index in [2.05, 4.69) is 10.3 Å². The second kappa shape index (κ2) is 12.2. The summed E-state index contributed by atoms with van der Waals surface area (Å²) in [6.45, 7) is 7.34. The fourth-order valence-corrected chi connectivity index (χ4v) is 4.10. The maximum atomic E-state index is 13.8. The molecular formula is C25H33FN2O6. The van der Waals surface area contributed by atoms with Crippen LogP contribution in [0.2, 0.25) is 0 Å². The maximum Gasteiger partial charge on any atom is 0.328 e. The average Bonchev–Trinajstić information content (AvgIpc) is 2.82. The van der Waals surface area contributed by atoms with E-state index >= 15 is 0 Å². The van der Waals surface area contributed by atoms with Crippen molar-refractivity contribution in [2.45, 2.75) is 58.6 Å². The first-order chi connectivity index (χ1) is 16.2. The molecule has 1 aromatic heterocycles. The zero-order chi connectivity index (χ0) is 25.4. The number of methoxy groups -OCH3 is 2. The Labute approximate surface area is 199 Å². The number of amides is 1. The predicted octanol–water partition coefficient (Wildman–Crippen LogP) is 4.21. The molecule has 2 rings (SSSR count). The Morgan fingerprint density at radius 3 is 2.32 bits per heavy atom. The van der Waals surface area contributed by atoms with E-state index < -0.39 is 35.6 Å². The van der Waals surface area contributed by atoms with E-state index in [4.69, 9.17) is 14.2 Å². The minimum absolute atomic E-state index is 0.0882. The van der Waals surface area contributed by atoms with Gasteiger partial charge in [-0.15, -0.1) is 0 Å². The standard InChI is InChI=1S/C25H33FN2O6/c1-7-16(8-2)21(18-10-9-17(26)13-20(18)33-6)15(4)34-25(31)14(3)28-24(30)22-23(29)19(32-5)11-12-27-22/h9-16,21,29H,7-8H2,1-6H3,(H,28,30)/t14-,15-,21+/m0/s1. The first-order valence-corrected chi connectivity index (χ1v) is 11.2. The Hall–Kier alpha value is -3.36. The Morgan fingerprint density at radius 1 is 1.09 bits per heavy atom. The van der Waals surface area contributed by atoms with Crippen LogP contribution in [0.4, 0.5) is 4.39 Å². The fraction of sp³-hybridized carbons (Fsp3) is 0.480. The summed E-state index contributed by atoms with van der Waals surface area (Å²) in [5, 5.41) is 12.6. The molecule has 0 aliphatic rings. The van der Waals surface area contributed by atoms with Gasteiger partial charge in [0.05, 0.1) is 14.2 Å². The molecule has 0 saturated heterocycles. The van der Waals surface area contributed by atoms with E-state index in [0.717, 1.165) is 18.4 Å². The van der Waals surface area contributed by atoms with Crippen molar-refractivity contribution >= 4 is 11.9 Å². The molecule has 0 fully saturated rings. The van der Waals surface area contributed by atoms with Gasteiger partial charge < -0.3 is 24.6 Å². The third kappa shape index (κ3) is 6.15. The lowest BCUT2D eigenvalue weighted by Gasteiger charge is -2.32. The third-order valence-electron chi connectivity index (χ3n) is 5.94. The van der Waals surface area contributed by atoms with Gasteiger partial charge in [-0.3, -0.25) is 4.79 Å². The number of rotatable bonds is 11. The van der Waals surface area contributed by atoms with E-state index in [9.17, 15) is 19.1 Å². The van der Waals surface area contributed by atoms with Gasteiger partial charge in [0.1, 0.15) is 23.7 Å². The molecule has 8 nitrogen and oxygen atoms in total. The number of esters is 1.